The van der Waals surface area contributed by atoms with E-state index in [0.717, 1.165) is 6.07 Å². The van der Waals surface area contributed by atoms with Crippen molar-refractivity contribution in [3.8, 4) is 17.2 Å². The Bertz CT molecular complexity index is 1180. The minimum Gasteiger partial charge on any atom is -0.292 e. The molecule has 0 spiro atoms. The van der Waals surface area contributed by atoms with E-state index in [1.54, 1.807) is 24.4 Å². The van der Waals surface area contributed by atoms with Gasteiger partial charge < -0.3 is 0 Å². The van der Waals surface area contributed by atoms with E-state index in [9.17, 15) is 9.18 Å². The van der Waals surface area contributed by atoms with Crippen molar-refractivity contribution >= 4 is 17.5 Å². The average molecular weight is 363 g/mol. The van der Waals surface area contributed by atoms with Gasteiger partial charge in [-0.15, -0.1) is 10.2 Å². The Morgan fingerprint density at radius 1 is 1.26 bits per heavy atom. The number of hydrogen-bond donors (Lipinski definition) is 1. The molecule has 4 aromatic rings. The first-order valence-corrected chi connectivity index (χ1v) is 7.69. The maximum Gasteiger partial charge on any atom is 0.249 e. The third-order valence-corrected chi connectivity index (χ3v) is 3.64. The Morgan fingerprint density at radius 3 is 2.93 bits per heavy atom. The van der Waals surface area contributed by atoms with E-state index in [1.807, 2.05) is 6.07 Å². The second kappa shape index (κ2) is 6.60. The van der Waals surface area contributed by atoms with Crippen molar-refractivity contribution in [2.24, 2.45) is 0 Å². The monoisotopic (exact) mass is 363 g/mol. The van der Waals surface area contributed by atoms with Crippen LogP contribution in [0.4, 0.5) is 10.3 Å². The van der Waals surface area contributed by atoms with Gasteiger partial charge in [-0.1, -0.05) is 0 Å². The van der Waals surface area contributed by atoms with E-state index < -0.39 is 5.82 Å². The fourth-order valence-corrected chi connectivity index (χ4v) is 2.49. The molecular weight excluding hydrogens is 353 g/mol. The summed E-state index contributed by atoms with van der Waals surface area (Å²) in [4.78, 5) is 16.2. The summed E-state index contributed by atoms with van der Waals surface area (Å²) in [5, 5.41) is 26.2. The van der Waals surface area contributed by atoms with Gasteiger partial charge in [0.2, 0.25) is 11.9 Å². The predicted octanol–water partition coefficient (Wildman–Crippen LogP) is 1.03. The Labute approximate surface area is 150 Å². The van der Waals surface area contributed by atoms with Crippen molar-refractivity contribution in [1.29, 1.82) is 5.26 Å². The summed E-state index contributed by atoms with van der Waals surface area (Å²) in [5.74, 6) is -0.775. The minimum atomic E-state index is -0.502. The SMILES string of the molecule is N#Cc1cc(F)cc(-c2ccc3nc(NC(=O)Cn4cnnn4)nn3c2)c1. The second-order valence-corrected chi connectivity index (χ2v) is 5.55. The Morgan fingerprint density at radius 2 is 2.15 bits per heavy atom. The van der Waals surface area contributed by atoms with Crippen molar-refractivity contribution in [3.63, 3.8) is 0 Å². The van der Waals surface area contributed by atoms with Gasteiger partial charge in [-0.05, 0) is 46.3 Å². The standard InChI is InChI=1S/C16H10FN9O/c17-13-4-10(6-18)3-12(5-13)11-1-2-14-20-16(22-26(14)7-11)21-15(27)8-25-9-19-23-24-25/h1-5,7,9H,8H2,(H,21,22,27). The molecular formula is C16H10FN9O. The number of fused-ring (bicyclic) bond motifs is 1. The van der Waals surface area contributed by atoms with Gasteiger partial charge in [-0.3, -0.25) is 10.1 Å². The van der Waals surface area contributed by atoms with Crippen LogP contribution in [0.2, 0.25) is 0 Å². The first kappa shape index (κ1) is 16.3. The normalized spacial score (nSPS) is 10.7. The van der Waals surface area contributed by atoms with E-state index in [2.05, 4.69) is 30.9 Å². The lowest BCUT2D eigenvalue weighted by Gasteiger charge is -2.03. The molecule has 0 saturated heterocycles. The number of pyridine rings is 1. The first-order chi connectivity index (χ1) is 13.1. The van der Waals surface area contributed by atoms with Crippen LogP contribution in [-0.4, -0.2) is 40.7 Å². The smallest absolute Gasteiger partial charge is 0.249 e. The van der Waals surface area contributed by atoms with Crippen LogP contribution in [0.5, 0.6) is 0 Å². The average Bonchev–Trinajstić information content (AvgIpc) is 3.29. The number of halogens is 1. The van der Waals surface area contributed by atoms with Gasteiger partial charge in [0.25, 0.3) is 0 Å². The predicted molar refractivity (Wildman–Crippen MR) is 89.5 cm³/mol. The number of tetrazole rings is 1. The number of nitrogens with one attached hydrogen (secondary N) is 1. The molecule has 1 N–H and O–H groups in total. The third-order valence-electron chi connectivity index (χ3n) is 3.64. The number of amides is 1. The Balaban J connectivity index is 1.59. The molecule has 132 valence electrons. The Hall–Kier alpha value is -4.20. The van der Waals surface area contributed by atoms with E-state index in [-0.39, 0.29) is 24.0 Å². The number of aromatic nitrogens is 7. The molecule has 27 heavy (non-hydrogen) atoms. The van der Waals surface area contributed by atoms with Gasteiger partial charge in [0, 0.05) is 11.8 Å². The van der Waals surface area contributed by atoms with E-state index in [0.29, 0.717) is 16.8 Å². The summed E-state index contributed by atoms with van der Waals surface area (Å²) in [7, 11) is 0. The van der Waals surface area contributed by atoms with Crippen LogP contribution < -0.4 is 5.32 Å². The zero-order valence-corrected chi connectivity index (χ0v) is 13.6. The molecule has 0 bridgehead atoms. The molecule has 3 aromatic heterocycles. The highest BCUT2D eigenvalue weighted by Gasteiger charge is 2.11. The van der Waals surface area contributed by atoms with Crippen molar-refractivity contribution in [3.05, 3.63) is 54.2 Å². The molecule has 0 atom stereocenters. The van der Waals surface area contributed by atoms with Crippen molar-refractivity contribution in [2.75, 3.05) is 5.32 Å². The second-order valence-electron chi connectivity index (χ2n) is 5.55. The topological polar surface area (TPSA) is 127 Å². The third kappa shape index (κ3) is 3.45. The number of anilines is 1. The summed E-state index contributed by atoms with van der Waals surface area (Å²) in [6.45, 7) is -0.0754. The van der Waals surface area contributed by atoms with E-state index >= 15 is 0 Å². The molecule has 0 unspecified atom stereocenters. The fourth-order valence-electron chi connectivity index (χ4n) is 2.49. The molecule has 0 aliphatic rings. The van der Waals surface area contributed by atoms with Gasteiger partial charge in [0.15, 0.2) is 5.65 Å². The van der Waals surface area contributed by atoms with Gasteiger partial charge in [-0.25, -0.2) is 13.6 Å². The van der Waals surface area contributed by atoms with Gasteiger partial charge in [-0.2, -0.15) is 10.2 Å². The molecule has 3 heterocycles. The maximum absolute atomic E-state index is 13.7. The van der Waals surface area contributed by atoms with Gasteiger partial charge >= 0.3 is 0 Å². The summed E-state index contributed by atoms with van der Waals surface area (Å²) in [6, 6.07) is 9.40. The number of nitriles is 1. The molecule has 0 saturated carbocycles. The van der Waals surface area contributed by atoms with E-state index in [1.165, 1.54) is 21.6 Å². The zero-order chi connectivity index (χ0) is 18.8. The number of hydrogen-bond acceptors (Lipinski definition) is 7. The molecule has 4 rings (SSSR count). The highest BCUT2D eigenvalue weighted by molar-refractivity contribution is 5.88. The highest BCUT2D eigenvalue weighted by Crippen LogP contribution is 2.22. The quantitative estimate of drug-likeness (QED) is 0.574. The first-order valence-electron chi connectivity index (χ1n) is 7.69. The highest BCUT2D eigenvalue weighted by atomic mass is 19.1. The summed E-state index contributed by atoms with van der Waals surface area (Å²) in [5.41, 5.74) is 1.90. The van der Waals surface area contributed by atoms with Crippen LogP contribution >= 0.6 is 0 Å². The van der Waals surface area contributed by atoms with Crippen molar-refractivity contribution in [1.82, 2.24) is 34.8 Å². The lowest BCUT2D eigenvalue weighted by molar-refractivity contribution is -0.117. The van der Waals surface area contributed by atoms with Crippen LogP contribution in [0, 0.1) is 17.1 Å². The van der Waals surface area contributed by atoms with Crippen LogP contribution in [0.25, 0.3) is 16.8 Å². The molecule has 0 aliphatic carbocycles. The number of carbonyl (C=O) groups is 1. The zero-order valence-electron chi connectivity index (χ0n) is 13.6. The lowest BCUT2D eigenvalue weighted by atomic mass is 10.1. The molecule has 10 nitrogen and oxygen atoms in total. The molecule has 0 radical (unpaired) electrons. The Kier molecular flexibility index (Phi) is 3.98. The molecule has 11 heteroatoms. The van der Waals surface area contributed by atoms with Gasteiger partial charge in [0.05, 0.1) is 11.6 Å². The minimum absolute atomic E-state index is 0.0754. The van der Waals surface area contributed by atoms with Crippen molar-refractivity contribution in [2.45, 2.75) is 6.54 Å². The molecule has 1 aromatic carbocycles. The number of nitrogens with zero attached hydrogens (tertiary/aromatic N) is 8. The number of benzene rings is 1. The van der Waals surface area contributed by atoms with Crippen LogP contribution in [0.1, 0.15) is 5.56 Å². The van der Waals surface area contributed by atoms with Crippen LogP contribution in [-0.2, 0) is 11.3 Å². The number of carbonyl (C=O) groups excluding carboxylic acids is 1. The van der Waals surface area contributed by atoms with Gasteiger partial charge in [0.1, 0.15) is 18.7 Å². The largest absolute Gasteiger partial charge is 0.292 e. The van der Waals surface area contributed by atoms with E-state index in [4.69, 9.17) is 5.26 Å². The van der Waals surface area contributed by atoms with Crippen LogP contribution in [0.3, 0.4) is 0 Å². The molecule has 1 amide bonds. The summed E-state index contributed by atoms with van der Waals surface area (Å²) in [6.07, 6.45) is 2.95. The summed E-state index contributed by atoms with van der Waals surface area (Å²) < 4.78 is 16.4. The number of rotatable bonds is 4. The molecule has 0 aliphatic heterocycles. The summed E-state index contributed by atoms with van der Waals surface area (Å²) >= 11 is 0. The fraction of sp³-hybridized carbons (Fsp3) is 0.0625. The molecule has 0 fully saturated rings. The van der Waals surface area contributed by atoms with Crippen LogP contribution in [0.15, 0.2) is 42.9 Å². The maximum atomic E-state index is 13.7. The lowest BCUT2D eigenvalue weighted by Crippen LogP contribution is -2.19. The van der Waals surface area contributed by atoms with Crippen molar-refractivity contribution < 1.29 is 9.18 Å².